The first kappa shape index (κ1) is 16.0. The third kappa shape index (κ3) is 3.83. The van der Waals surface area contributed by atoms with Crippen molar-refractivity contribution in [3.05, 3.63) is 56.7 Å². The van der Waals surface area contributed by atoms with Gasteiger partial charge >= 0.3 is 0 Å². The van der Waals surface area contributed by atoms with Crippen LogP contribution >= 0.6 is 31.9 Å². The SMILES string of the molecule is CN(C)c1ccc(C(=O)Nc2ccc(Br)cc2Br)cc1F. The van der Waals surface area contributed by atoms with Gasteiger partial charge in [0, 0.05) is 28.6 Å². The molecule has 0 spiro atoms. The number of carbonyl (C=O) groups is 1. The Kier molecular flexibility index (Phi) is 5.00. The van der Waals surface area contributed by atoms with Gasteiger partial charge < -0.3 is 10.2 Å². The maximum Gasteiger partial charge on any atom is 0.255 e. The van der Waals surface area contributed by atoms with E-state index in [0.717, 1.165) is 8.95 Å². The van der Waals surface area contributed by atoms with Gasteiger partial charge in [-0.1, -0.05) is 15.9 Å². The molecule has 0 heterocycles. The van der Waals surface area contributed by atoms with Crippen molar-refractivity contribution in [3.63, 3.8) is 0 Å². The summed E-state index contributed by atoms with van der Waals surface area (Å²) >= 11 is 6.71. The summed E-state index contributed by atoms with van der Waals surface area (Å²) in [4.78, 5) is 13.8. The van der Waals surface area contributed by atoms with Gasteiger partial charge in [-0.05, 0) is 52.3 Å². The summed E-state index contributed by atoms with van der Waals surface area (Å²) in [6.45, 7) is 0. The smallest absolute Gasteiger partial charge is 0.255 e. The van der Waals surface area contributed by atoms with Crippen molar-refractivity contribution < 1.29 is 9.18 Å². The molecule has 0 fully saturated rings. The summed E-state index contributed by atoms with van der Waals surface area (Å²) in [6.07, 6.45) is 0. The van der Waals surface area contributed by atoms with Crippen LogP contribution in [0.5, 0.6) is 0 Å². The van der Waals surface area contributed by atoms with Crippen molar-refractivity contribution in [2.24, 2.45) is 0 Å². The van der Waals surface area contributed by atoms with Crippen LogP contribution in [0.2, 0.25) is 0 Å². The number of anilines is 2. The minimum Gasteiger partial charge on any atom is -0.375 e. The predicted molar refractivity (Wildman–Crippen MR) is 90.5 cm³/mol. The molecule has 2 aromatic carbocycles. The second-order valence-corrected chi connectivity index (χ2v) is 6.41. The molecular formula is C15H13Br2FN2O. The number of hydrogen-bond acceptors (Lipinski definition) is 2. The van der Waals surface area contributed by atoms with E-state index in [1.807, 2.05) is 12.1 Å². The van der Waals surface area contributed by atoms with E-state index in [1.54, 1.807) is 37.2 Å². The topological polar surface area (TPSA) is 32.3 Å². The van der Waals surface area contributed by atoms with E-state index in [1.165, 1.54) is 6.07 Å². The number of rotatable bonds is 3. The van der Waals surface area contributed by atoms with Crippen molar-refractivity contribution in [2.75, 3.05) is 24.3 Å². The highest BCUT2D eigenvalue weighted by atomic mass is 79.9. The Bertz CT molecular complexity index is 689. The molecule has 1 N–H and O–H groups in total. The van der Waals surface area contributed by atoms with E-state index < -0.39 is 5.82 Å². The van der Waals surface area contributed by atoms with Gasteiger partial charge in [0.25, 0.3) is 5.91 Å². The third-order valence-electron chi connectivity index (χ3n) is 2.87. The molecule has 0 radical (unpaired) electrons. The molecule has 6 heteroatoms. The number of benzene rings is 2. The zero-order valence-corrected chi connectivity index (χ0v) is 14.6. The summed E-state index contributed by atoms with van der Waals surface area (Å²) in [6, 6.07) is 9.82. The number of nitrogens with zero attached hydrogens (tertiary/aromatic N) is 1. The second kappa shape index (κ2) is 6.58. The van der Waals surface area contributed by atoms with Crippen LogP contribution in [-0.2, 0) is 0 Å². The monoisotopic (exact) mass is 414 g/mol. The lowest BCUT2D eigenvalue weighted by Crippen LogP contribution is -2.15. The minimum absolute atomic E-state index is 0.271. The van der Waals surface area contributed by atoms with Gasteiger partial charge in [0.05, 0.1) is 11.4 Å². The van der Waals surface area contributed by atoms with Gasteiger partial charge in [0.2, 0.25) is 0 Å². The average Bonchev–Trinajstić information content (AvgIpc) is 2.41. The molecule has 1 amide bonds. The average molecular weight is 416 g/mol. The van der Waals surface area contributed by atoms with Gasteiger partial charge in [-0.2, -0.15) is 0 Å². The Hall–Kier alpha value is -1.40. The van der Waals surface area contributed by atoms with Crippen molar-refractivity contribution in [1.82, 2.24) is 0 Å². The van der Waals surface area contributed by atoms with Crippen LogP contribution in [0.25, 0.3) is 0 Å². The Morgan fingerprint density at radius 1 is 1.14 bits per heavy atom. The Balaban J connectivity index is 2.22. The number of halogens is 3. The molecule has 0 aliphatic heterocycles. The van der Waals surface area contributed by atoms with Crippen LogP contribution in [0.1, 0.15) is 10.4 Å². The third-order valence-corrected chi connectivity index (χ3v) is 4.02. The van der Waals surface area contributed by atoms with Crippen LogP contribution in [0.4, 0.5) is 15.8 Å². The highest BCUT2D eigenvalue weighted by molar-refractivity contribution is 9.11. The molecule has 0 saturated carbocycles. The van der Waals surface area contributed by atoms with E-state index in [9.17, 15) is 9.18 Å². The normalized spacial score (nSPS) is 10.3. The molecule has 2 rings (SSSR count). The molecule has 0 saturated heterocycles. The summed E-state index contributed by atoms with van der Waals surface area (Å²) in [5.74, 6) is -0.787. The Morgan fingerprint density at radius 3 is 2.43 bits per heavy atom. The molecule has 2 aromatic rings. The maximum atomic E-state index is 13.9. The molecule has 0 atom stereocenters. The highest BCUT2D eigenvalue weighted by Crippen LogP contribution is 2.27. The largest absolute Gasteiger partial charge is 0.375 e. The number of carbonyl (C=O) groups excluding carboxylic acids is 1. The first-order valence-electron chi connectivity index (χ1n) is 6.12. The fraction of sp³-hybridized carbons (Fsp3) is 0.133. The van der Waals surface area contributed by atoms with Crippen LogP contribution in [-0.4, -0.2) is 20.0 Å². The van der Waals surface area contributed by atoms with Crippen LogP contribution in [0.3, 0.4) is 0 Å². The summed E-state index contributed by atoms with van der Waals surface area (Å²) in [7, 11) is 3.49. The summed E-state index contributed by atoms with van der Waals surface area (Å²) in [5.41, 5.74) is 1.34. The molecule has 0 unspecified atom stereocenters. The predicted octanol–water partition coefficient (Wildman–Crippen LogP) is 4.67. The number of amides is 1. The van der Waals surface area contributed by atoms with Gasteiger partial charge in [-0.15, -0.1) is 0 Å². The lowest BCUT2D eigenvalue weighted by molar-refractivity contribution is 0.102. The van der Waals surface area contributed by atoms with Crippen LogP contribution in [0, 0.1) is 5.82 Å². The summed E-state index contributed by atoms with van der Waals surface area (Å²) in [5, 5.41) is 2.74. The van der Waals surface area contributed by atoms with E-state index in [-0.39, 0.29) is 11.5 Å². The zero-order chi connectivity index (χ0) is 15.6. The molecule has 110 valence electrons. The first-order valence-corrected chi connectivity index (χ1v) is 7.70. The number of nitrogens with one attached hydrogen (secondary N) is 1. The van der Waals surface area contributed by atoms with Crippen LogP contribution < -0.4 is 10.2 Å². The minimum atomic E-state index is -0.428. The highest BCUT2D eigenvalue weighted by Gasteiger charge is 2.12. The van der Waals surface area contributed by atoms with E-state index in [4.69, 9.17) is 0 Å². The van der Waals surface area contributed by atoms with Crippen LogP contribution in [0.15, 0.2) is 45.3 Å². The molecule has 3 nitrogen and oxygen atoms in total. The second-order valence-electron chi connectivity index (χ2n) is 4.64. The summed E-state index contributed by atoms with van der Waals surface area (Å²) < 4.78 is 15.5. The fourth-order valence-electron chi connectivity index (χ4n) is 1.80. The maximum absolute atomic E-state index is 13.9. The van der Waals surface area contributed by atoms with Gasteiger partial charge in [-0.3, -0.25) is 4.79 Å². The van der Waals surface area contributed by atoms with Gasteiger partial charge in [-0.25, -0.2) is 4.39 Å². The first-order chi connectivity index (χ1) is 9.88. The lowest BCUT2D eigenvalue weighted by Gasteiger charge is -2.14. The molecule has 0 aromatic heterocycles. The lowest BCUT2D eigenvalue weighted by atomic mass is 10.1. The molecule has 0 aliphatic rings. The van der Waals surface area contributed by atoms with E-state index in [0.29, 0.717) is 11.4 Å². The fourth-order valence-corrected chi connectivity index (χ4v) is 2.94. The Morgan fingerprint density at radius 2 is 1.86 bits per heavy atom. The number of hydrogen-bond donors (Lipinski definition) is 1. The zero-order valence-electron chi connectivity index (χ0n) is 11.5. The van der Waals surface area contributed by atoms with Gasteiger partial charge in [0.1, 0.15) is 5.82 Å². The van der Waals surface area contributed by atoms with Crippen molar-refractivity contribution in [1.29, 1.82) is 0 Å². The molecule has 21 heavy (non-hydrogen) atoms. The standard InChI is InChI=1S/C15H13Br2FN2O/c1-20(2)14-6-3-9(7-12(14)18)15(21)19-13-5-4-10(16)8-11(13)17/h3-8H,1-2H3,(H,19,21). The van der Waals surface area contributed by atoms with Crippen molar-refractivity contribution >= 4 is 49.1 Å². The van der Waals surface area contributed by atoms with Crippen molar-refractivity contribution in [2.45, 2.75) is 0 Å². The van der Waals surface area contributed by atoms with E-state index in [2.05, 4.69) is 37.2 Å². The van der Waals surface area contributed by atoms with E-state index >= 15 is 0 Å². The Labute approximate surface area is 139 Å². The van der Waals surface area contributed by atoms with Crippen molar-refractivity contribution in [3.8, 4) is 0 Å². The molecule has 0 bridgehead atoms. The molecule has 0 aliphatic carbocycles. The van der Waals surface area contributed by atoms with Gasteiger partial charge in [0.15, 0.2) is 0 Å². The quantitative estimate of drug-likeness (QED) is 0.789. The molecular weight excluding hydrogens is 403 g/mol.